The summed E-state index contributed by atoms with van der Waals surface area (Å²) in [6, 6.07) is 10.8. The molecule has 3 heterocycles. The van der Waals surface area contributed by atoms with Crippen LogP contribution in [0.5, 0.6) is 0 Å². The van der Waals surface area contributed by atoms with Crippen molar-refractivity contribution in [3.63, 3.8) is 0 Å². The second kappa shape index (κ2) is 7.47. The van der Waals surface area contributed by atoms with Crippen LogP contribution in [-0.2, 0) is 6.42 Å². The second-order valence-electron chi connectivity index (χ2n) is 5.91. The van der Waals surface area contributed by atoms with Gasteiger partial charge >= 0.3 is 0 Å². The van der Waals surface area contributed by atoms with E-state index in [2.05, 4.69) is 44.9 Å². The molecule has 1 fully saturated rings. The summed E-state index contributed by atoms with van der Waals surface area (Å²) < 4.78 is 0. The molecule has 4 nitrogen and oxygen atoms in total. The maximum absolute atomic E-state index is 4.40. The Morgan fingerprint density at radius 3 is 2.59 bits per heavy atom. The minimum atomic E-state index is 0.451. The van der Waals surface area contributed by atoms with Gasteiger partial charge in [0.15, 0.2) is 0 Å². The van der Waals surface area contributed by atoms with Crippen molar-refractivity contribution in [1.29, 1.82) is 0 Å². The van der Waals surface area contributed by atoms with Crippen LogP contribution in [0.25, 0.3) is 0 Å². The Morgan fingerprint density at radius 2 is 1.91 bits per heavy atom. The third-order valence-electron chi connectivity index (χ3n) is 4.53. The van der Waals surface area contributed by atoms with Gasteiger partial charge in [-0.3, -0.25) is 14.9 Å². The molecule has 0 aromatic carbocycles. The summed E-state index contributed by atoms with van der Waals surface area (Å²) in [7, 11) is 0. The van der Waals surface area contributed by atoms with Crippen molar-refractivity contribution in [3.8, 4) is 0 Å². The van der Waals surface area contributed by atoms with Gasteiger partial charge in [0.1, 0.15) is 0 Å². The van der Waals surface area contributed by atoms with Crippen molar-refractivity contribution in [2.24, 2.45) is 0 Å². The highest BCUT2D eigenvalue weighted by Gasteiger charge is 2.21. The van der Waals surface area contributed by atoms with Gasteiger partial charge in [-0.1, -0.05) is 12.1 Å². The molecular formula is C18H24N4. The van der Waals surface area contributed by atoms with Gasteiger partial charge in [-0.2, -0.15) is 0 Å². The molecule has 3 rings (SSSR count). The van der Waals surface area contributed by atoms with E-state index in [4.69, 9.17) is 0 Å². The zero-order valence-corrected chi connectivity index (χ0v) is 13.2. The highest BCUT2D eigenvalue weighted by Crippen LogP contribution is 2.20. The Labute approximate surface area is 132 Å². The average molecular weight is 296 g/mol. The quantitative estimate of drug-likeness (QED) is 0.848. The van der Waals surface area contributed by atoms with Crippen LogP contribution in [0.4, 0.5) is 0 Å². The zero-order valence-electron chi connectivity index (χ0n) is 13.2. The van der Waals surface area contributed by atoms with E-state index in [1.54, 1.807) is 0 Å². The topological polar surface area (TPSA) is 32.3 Å². The molecule has 1 aliphatic rings. The Morgan fingerprint density at radius 1 is 1.05 bits per heavy atom. The van der Waals surface area contributed by atoms with E-state index in [1.165, 1.54) is 11.3 Å². The minimum absolute atomic E-state index is 0.451. The fourth-order valence-electron chi connectivity index (χ4n) is 3.03. The van der Waals surface area contributed by atoms with Crippen LogP contribution in [0.2, 0.25) is 0 Å². The van der Waals surface area contributed by atoms with Gasteiger partial charge in [0.05, 0.1) is 0 Å². The van der Waals surface area contributed by atoms with E-state index in [0.29, 0.717) is 6.04 Å². The Hall–Kier alpha value is -1.78. The molecule has 0 N–H and O–H groups in total. The number of pyridine rings is 2. The van der Waals surface area contributed by atoms with Gasteiger partial charge in [0, 0.05) is 69.5 Å². The van der Waals surface area contributed by atoms with E-state index >= 15 is 0 Å². The van der Waals surface area contributed by atoms with Crippen LogP contribution >= 0.6 is 0 Å². The monoisotopic (exact) mass is 296 g/mol. The van der Waals surface area contributed by atoms with E-state index < -0.39 is 0 Å². The number of nitrogens with zero attached hydrogens (tertiary/aromatic N) is 4. The second-order valence-corrected chi connectivity index (χ2v) is 5.91. The molecule has 0 amide bonds. The standard InChI is InChI=1S/C18H24N4/c1-16(17-5-4-8-19-15-17)22-13-11-21(12-14-22)10-7-18-6-2-3-9-20-18/h2-6,8-9,15-16H,7,10-14H2,1H3. The van der Waals surface area contributed by atoms with Crippen LogP contribution in [0.3, 0.4) is 0 Å². The highest BCUT2D eigenvalue weighted by atomic mass is 15.3. The molecule has 0 aliphatic carbocycles. The lowest BCUT2D eigenvalue weighted by atomic mass is 10.1. The van der Waals surface area contributed by atoms with Crippen molar-refractivity contribution < 1.29 is 0 Å². The lowest BCUT2D eigenvalue weighted by Gasteiger charge is -2.38. The summed E-state index contributed by atoms with van der Waals surface area (Å²) in [5, 5.41) is 0. The first kappa shape index (κ1) is 15.1. The van der Waals surface area contributed by atoms with Crippen molar-refractivity contribution in [2.45, 2.75) is 19.4 Å². The predicted molar refractivity (Wildman–Crippen MR) is 88.6 cm³/mol. The zero-order chi connectivity index (χ0) is 15.2. The molecule has 2 aromatic heterocycles. The highest BCUT2D eigenvalue weighted by molar-refractivity contribution is 5.13. The normalized spacial score (nSPS) is 18.2. The number of aromatic nitrogens is 2. The van der Waals surface area contributed by atoms with Crippen LogP contribution in [-0.4, -0.2) is 52.5 Å². The Bertz CT molecular complexity index is 550. The van der Waals surface area contributed by atoms with Gasteiger partial charge in [0.25, 0.3) is 0 Å². The third-order valence-corrected chi connectivity index (χ3v) is 4.53. The maximum atomic E-state index is 4.40. The molecule has 1 unspecified atom stereocenters. The van der Waals surface area contributed by atoms with Crippen molar-refractivity contribution >= 4 is 0 Å². The molecule has 22 heavy (non-hydrogen) atoms. The molecule has 0 spiro atoms. The molecule has 2 aromatic rings. The van der Waals surface area contributed by atoms with Crippen molar-refractivity contribution in [3.05, 3.63) is 60.2 Å². The lowest BCUT2D eigenvalue weighted by molar-refractivity contribution is 0.103. The molecule has 0 bridgehead atoms. The molecule has 1 saturated heterocycles. The van der Waals surface area contributed by atoms with Crippen LogP contribution in [0.1, 0.15) is 24.2 Å². The first-order valence-electron chi connectivity index (χ1n) is 8.09. The largest absolute Gasteiger partial charge is 0.300 e. The van der Waals surface area contributed by atoms with Gasteiger partial charge in [-0.05, 0) is 30.7 Å². The van der Waals surface area contributed by atoms with Gasteiger partial charge in [-0.15, -0.1) is 0 Å². The molecule has 0 saturated carbocycles. The summed E-state index contributed by atoms with van der Waals surface area (Å²) in [4.78, 5) is 13.7. The minimum Gasteiger partial charge on any atom is -0.300 e. The van der Waals surface area contributed by atoms with Crippen LogP contribution < -0.4 is 0 Å². The van der Waals surface area contributed by atoms with E-state index in [-0.39, 0.29) is 0 Å². The van der Waals surface area contributed by atoms with Gasteiger partial charge in [0.2, 0.25) is 0 Å². The predicted octanol–water partition coefficient (Wildman–Crippen LogP) is 2.40. The lowest BCUT2D eigenvalue weighted by Crippen LogP contribution is -2.47. The summed E-state index contributed by atoms with van der Waals surface area (Å²) >= 11 is 0. The molecule has 0 radical (unpaired) electrons. The van der Waals surface area contributed by atoms with Crippen LogP contribution in [0, 0.1) is 0 Å². The molecule has 1 aliphatic heterocycles. The number of hydrogen-bond acceptors (Lipinski definition) is 4. The van der Waals surface area contributed by atoms with Crippen molar-refractivity contribution in [1.82, 2.24) is 19.8 Å². The number of hydrogen-bond donors (Lipinski definition) is 0. The SMILES string of the molecule is CC(c1cccnc1)N1CCN(CCc2ccccn2)CC1. The summed E-state index contributed by atoms with van der Waals surface area (Å²) in [5.41, 5.74) is 2.50. The third kappa shape index (κ3) is 3.90. The number of rotatable bonds is 5. The van der Waals surface area contributed by atoms with E-state index in [9.17, 15) is 0 Å². The van der Waals surface area contributed by atoms with E-state index in [1.807, 2.05) is 30.7 Å². The van der Waals surface area contributed by atoms with Gasteiger partial charge in [-0.25, -0.2) is 0 Å². The maximum Gasteiger partial charge on any atom is 0.0416 e. The summed E-state index contributed by atoms with van der Waals surface area (Å²) in [5.74, 6) is 0. The first-order valence-corrected chi connectivity index (χ1v) is 8.09. The molecule has 4 heteroatoms. The molecule has 1 atom stereocenters. The molecule has 116 valence electrons. The Balaban J connectivity index is 1.46. The average Bonchev–Trinajstić information content (AvgIpc) is 2.61. The fourth-order valence-corrected chi connectivity index (χ4v) is 3.03. The van der Waals surface area contributed by atoms with Crippen LogP contribution in [0.15, 0.2) is 48.9 Å². The Kier molecular flexibility index (Phi) is 5.14. The number of piperazine rings is 1. The molecular weight excluding hydrogens is 272 g/mol. The smallest absolute Gasteiger partial charge is 0.0416 e. The fraction of sp³-hybridized carbons (Fsp3) is 0.444. The van der Waals surface area contributed by atoms with Crippen molar-refractivity contribution in [2.75, 3.05) is 32.7 Å². The summed E-state index contributed by atoms with van der Waals surface area (Å²) in [6.07, 6.45) is 6.74. The van der Waals surface area contributed by atoms with E-state index in [0.717, 1.165) is 39.1 Å². The summed E-state index contributed by atoms with van der Waals surface area (Å²) in [6.45, 7) is 7.90. The first-order chi connectivity index (χ1) is 10.8. The van der Waals surface area contributed by atoms with Gasteiger partial charge < -0.3 is 4.90 Å².